The first-order chi connectivity index (χ1) is 26.5. The van der Waals surface area contributed by atoms with E-state index in [4.69, 9.17) is 15.6 Å². The molecule has 7 rings (SSSR count). The first kappa shape index (κ1) is 43.1. The van der Waals surface area contributed by atoms with Gasteiger partial charge in [0, 0.05) is 29.7 Å². The normalized spacial score (nSPS) is 12.2. The van der Waals surface area contributed by atoms with Crippen LogP contribution in [0.5, 0.6) is 0 Å². The number of nitrogens with zero attached hydrogens (tertiary/aromatic N) is 7. The zero-order valence-electron chi connectivity index (χ0n) is 29.4. The van der Waals surface area contributed by atoms with E-state index in [-0.39, 0.29) is 70.1 Å². The van der Waals surface area contributed by atoms with Crippen LogP contribution in [-0.4, -0.2) is 63.4 Å². The molecular formula is C39H26F3N7O6RuS. The van der Waals surface area contributed by atoms with Crippen LogP contribution in [0.4, 0.5) is 13.2 Å². The molecule has 288 valence electrons. The first-order valence-electron chi connectivity index (χ1n) is 16.1. The van der Waals surface area contributed by atoms with Gasteiger partial charge in [-0.15, -0.1) is 0 Å². The Hall–Kier alpha value is -6.61. The molecule has 5 heterocycles. The number of isothiocyanates is 1. The van der Waals surface area contributed by atoms with Crippen LogP contribution in [-0.2, 0) is 31.1 Å². The number of halogens is 3. The molecule has 0 aliphatic heterocycles. The fourth-order valence-electron chi connectivity index (χ4n) is 5.70. The molecule has 3 N–H and O–H groups in total. The first-order valence-corrected chi connectivity index (χ1v) is 16.5. The molecule has 0 unspecified atom stereocenters. The van der Waals surface area contributed by atoms with Crippen LogP contribution in [0.2, 0.25) is 0 Å². The van der Waals surface area contributed by atoms with E-state index in [9.17, 15) is 32.7 Å². The summed E-state index contributed by atoms with van der Waals surface area (Å²) in [6, 6.07) is 20.3. The molecule has 0 radical (unpaired) electrons. The number of carboxylic acid groups (broad SMARTS) is 3. The molecule has 1 aromatic carbocycles. The molecule has 0 amide bonds. The number of aromatic carboxylic acids is 3. The third kappa shape index (κ3) is 9.99. The van der Waals surface area contributed by atoms with Crippen molar-refractivity contribution in [2.24, 2.45) is 0 Å². The predicted octanol–water partition coefficient (Wildman–Crippen LogP) is 7.91. The molecule has 18 heteroatoms. The smallest absolute Gasteiger partial charge is 0.753 e. The summed E-state index contributed by atoms with van der Waals surface area (Å²) in [4.78, 5) is 50.4. The topological polar surface area (TPSA) is 213 Å². The second-order valence-electron chi connectivity index (χ2n) is 12.3. The van der Waals surface area contributed by atoms with Crippen molar-refractivity contribution in [1.82, 2.24) is 30.1 Å². The maximum atomic E-state index is 12.7. The van der Waals surface area contributed by atoms with Crippen LogP contribution in [0.25, 0.3) is 51.2 Å². The molecule has 1 aliphatic rings. The molecular weight excluding hydrogens is 853 g/mol. The van der Waals surface area contributed by atoms with Crippen LogP contribution in [0.1, 0.15) is 67.3 Å². The van der Waals surface area contributed by atoms with Crippen molar-refractivity contribution in [3.8, 4) is 34.2 Å². The zero-order chi connectivity index (χ0) is 40.8. The minimum atomic E-state index is -4.50. The van der Waals surface area contributed by atoms with Gasteiger partial charge in [-0.25, -0.2) is 19.4 Å². The van der Waals surface area contributed by atoms with Crippen LogP contribution < -0.4 is 5.10 Å². The Balaban J connectivity index is 0.000000233. The summed E-state index contributed by atoms with van der Waals surface area (Å²) in [7, 11) is 0. The van der Waals surface area contributed by atoms with Gasteiger partial charge in [0.1, 0.15) is 5.69 Å². The maximum Gasteiger partial charge on any atom is 2.00 e. The average molecular weight is 879 g/mol. The fraction of sp³-hybridized carbons (Fsp3) is 0.103. The molecule has 0 fully saturated rings. The Morgan fingerprint density at radius 2 is 1.28 bits per heavy atom. The number of carbonyl (C=O) groups is 3. The second kappa shape index (κ2) is 17.9. The number of thiocarbonyl (C=S) groups is 1. The third-order valence-electron chi connectivity index (χ3n) is 8.38. The number of allylic oxidation sites excluding steroid dienone is 1. The van der Waals surface area contributed by atoms with Crippen LogP contribution in [0.3, 0.4) is 0 Å². The Kier molecular flexibility index (Phi) is 13.5. The summed E-state index contributed by atoms with van der Waals surface area (Å²) in [5, 5.41) is 42.8. The van der Waals surface area contributed by atoms with Gasteiger partial charge in [0.05, 0.1) is 39.5 Å². The molecule has 1 aliphatic carbocycles. The number of rotatable bonds is 7. The van der Waals surface area contributed by atoms with Crippen molar-refractivity contribution in [3.05, 3.63) is 142 Å². The van der Waals surface area contributed by atoms with Crippen LogP contribution >= 0.6 is 12.2 Å². The van der Waals surface area contributed by atoms with Gasteiger partial charge in [0.25, 0.3) is 0 Å². The summed E-state index contributed by atoms with van der Waals surface area (Å²) in [6.07, 6.45) is 1.86. The summed E-state index contributed by atoms with van der Waals surface area (Å²) in [6.45, 7) is 4.30. The standard InChI is InChI=1S/C20H15F3N3.C18H11N3O6.CNS.Ru/c1-19(2)14-6-4-3-5-12(14)9-15(19)13-7-8-16(24-11-13)17-10-18(26-25-17)20(21,22)23;22-16(23)9-1-3-19-12(5-9)14-7-11(18(26)27)8-15(21-14)13-6-10(17(24)25)2-4-20-13;2-1-3;/h3-11H,1-2H3;1-8H,(H,22,23)(H,24,25)(H,26,27);;/q-1;;-1;+2. The number of fused-ring (bicyclic) bond motifs is 1. The predicted molar refractivity (Wildman–Crippen MR) is 201 cm³/mol. The van der Waals surface area contributed by atoms with Crippen molar-refractivity contribution in [1.29, 1.82) is 0 Å². The molecule has 13 nitrogen and oxygen atoms in total. The third-order valence-corrected chi connectivity index (χ3v) is 8.38. The van der Waals surface area contributed by atoms with E-state index in [0.29, 0.717) is 5.69 Å². The molecule has 0 saturated heterocycles. The van der Waals surface area contributed by atoms with Gasteiger partial charge in [-0.1, -0.05) is 62.1 Å². The number of benzene rings is 1. The Morgan fingerprint density at radius 1 is 0.754 bits per heavy atom. The van der Waals surface area contributed by atoms with E-state index in [2.05, 4.69) is 74.4 Å². The monoisotopic (exact) mass is 879 g/mol. The van der Waals surface area contributed by atoms with E-state index < -0.39 is 29.8 Å². The van der Waals surface area contributed by atoms with E-state index in [1.165, 1.54) is 65.1 Å². The summed E-state index contributed by atoms with van der Waals surface area (Å²) in [5.74, 6) is -3.56. The molecule has 0 spiro atoms. The Bertz CT molecular complexity index is 2460. The SMILES string of the molecule is CC1(C)C(c2ccc(-c3cc(C(F)(F)F)n[n-]3)nc2)=Cc2ccccc21.O=C(O)c1ccnc(-c2cc(C(=O)O)cc(-c3cc(C(=O)O)ccn3)n2)c1.[N-]=C=S.[Ru+2]. The van der Waals surface area contributed by atoms with Crippen molar-refractivity contribution < 1.29 is 62.4 Å². The van der Waals surface area contributed by atoms with Gasteiger partial charge in [0.2, 0.25) is 0 Å². The van der Waals surface area contributed by atoms with E-state index in [0.717, 1.165) is 17.2 Å². The number of carboxylic acids is 3. The molecule has 5 aromatic heterocycles. The van der Waals surface area contributed by atoms with Gasteiger partial charge in [0.15, 0.2) is 0 Å². The van der Waals surface area contributed by atoms with Crippen molar-refractivity contribution in [2.45, 2.75) is 25.4 Å². The summed E-state index contributed by atoms with van der Waals surface area (Å²) >= 11 is 3.70. The molecule has 0 atom stereocenters. The van der Waals surface area contributed by atoms with Gasteiger partial charge >= 0.3 is 43.6 Å². The van der Waals surface area contributed by atoms with Gasteiger partial charge in [-0.05, 0) is 76.9 Å². The number of hydrogen-bond acceptors (Lipinski definition) is 9. The minimum absolute atomic E-state index is 0. The molecule has 0 bridgehead atoms. The molecule has 0 saturated carbocycles. The van der Waals surface area contributed by atoms with Crippen molar-refractivity contribution >= 4 is 46.9 Å². The van der Waals surface area contributed by atoms with E-state index >= 15 is 0 Å². The summed E-state index contributed by atoms with van der Waals surface area (Å²) in [5.41, 5.74) is 4.17. The average Bonchev–Trinajstić information content (AvgIpc) is 3.79. The molecule has 6 aromatic rings. The van der Waals surface area contributed by atoms with Crippen LogP contribution in [0.15, 0.2) is 97.5 Å². The Morgan fingerprint density at radius 3 is 1.74 bits per heavy atom. The minimum Gasteiger partial charge on any atom is -0.753 e. The van der Waals surface area contributed by atoms with E-state index in [1.54, 1.807) is 12.3 Å². The largest absolute Gasteiger partial charge is 2.00 e. The number of aromatic nitrogens is 6. The number of hydrogen-bond donors (Lipinski definition) is 3. The quantitative estimate of drug-likeness (QED) is 0.0791. The van der Waals surface area contributed by atoms with E-state index in [1.807, 2.05) is 18.2 Å². The Labute approximate surface area is 339 Å². The molecule has 57 heavy (non-hydrogen) atoms. The second-order valence-corrected chi connectivity index (χ2v) is 12.5. The zero-order valence-corrected chi connectivity index (χ0v) is 32.0. The summed E-state index contributed by atoms with van der Waals surface area (Å²) < 4.78 is 38.0. The number of pyridine rings is 4. The fourth-order valence-corrected chi connectivity index (χ4v) is 5.70. The van der Waals surface area contributed by atoms with Crippen molar-refractivity contribution in [3.63, 3.8) is 0 Å². The van der Waals surface area contributed by atoms with Gasteiger partial charge in [-0.3, -0.25) is 15.0 Å². The van der Waals surface area contributed by atoms with Crippen LogP contribution in [0, 0.1) is 0 Å². The number of alkyl halides is 3. The van der Waals surface area contributed by atoms with Gasteiger partial charge in [-0.2, -0.15) is 18.3 Å². The van der Waals surface area contributed by atoms with Crippen molar-refractivity contribution in [2.75, 3.05) is 0 Å². The van der Waals surface area contributed by atoms with Gasteiger partial charge < -0.3 is 30.9 Å². The maximum absolute atomic E-state index is 12.7.